The van der Waals surface area contributed by atoms with Crippen LogP contribution < -0.4 is 0 Å². The number of amides is 1. The minimum Gasteiger partial charge on any atom is -0.468 e. The molecule has 110 valence electrons. The van der Waals surface area contributed by atoms with Crippen LogP contribution in [0.4, 0.5) is 0 Å². The van der Waals surface area contributed by atoms with Gasteiger partial charge in [-0.2, -0.15) is 0 Å². The second-order valence-corrected chi connectivity index (χ2v) is 4.68. The Balaban J connectivity index is 2.36. The number of rotatable bonds is 5. The van der Waals surface area contributed by atoms with Crippen LogP contribution >= 0.6 is 0 Å². The Kier molecular flexibility index (Phi) is 4.87. The maximum Gasteiger partial charge on any atom is 0.325 e. The molecule has 0 aliphatic heterocycles. The van der Waals surface area contributed by atoms with Crippen molar-refractivity contribution in [3.63, 3.8) is 0 Å². The van der Waals surface area contributed by atoms with E-state index in [4.69, 9.17) is 0 Å². The number of methoxy groups -OCH3 is 1. The van der Waals surface area contributed by atoms with Crippen molar-refractivity contribution in [1.29, 1.82) is 0 Å². The third-order valence-electron chi connectivity index (χ3n) is 3.19. The van der Waals surface area contributed by atoms with E-state index in [-0.39, 0.29) is 12.5 Å². The van der Waals surface area contributed by atoms with E-state index >= 15 is 0 Å². The number of hydrogen-bond donors (Lipinski definition) is 0. The molecule has 0 saturated heterocycles. The molecule has 1 heterocycles. The molecular weight excluding hydrogens is 268 g/mol. The molecule has 0 aliphatic carbocycles. The van der Waals surface area contributed by atoms with Gasteiger partial charge in [0.15, 0.2) is 0 Å². The summed E-state index contributed by atoms with van der Waals surface area (Å²) in [6.07, 6.45) is 2.42. The minimum absolute atomic E-state index is 0.0492. The number of nitrogens with zero attached hydrogens (tertiary/aromatic N) is 2. The van der Waals surface area contributed by atoms with Crippen LogP contribution in [0.1, 0.15) is 23.7 Å². The molecular formula is C16H18N2O3. The van der Waals surface area contributed by atoms with Crippen molar-refractivity contribution < 1.29 is 14.3 Å². The van der Waals surface area contributed by atoms with E-state index in [1.54, 1.807) is 12.3 Å². The molecule has 2 aromatic rings. The number of ether oxygens (including phenoxy) is 1. The van der Waals surface area contributed by atoms with Crippen LogP contribution in [0.15, 0.2) is 36.5 Å². The summed E-state index contributed by atoms with van der Waals surface area (Å²) in [7, 11) is 1.32. The molecule has 0 N–H and O–H groups in total. The molecule has 0 aliphatic rings. The number of esters is 1. The summed E-state index contributed by atoms with van der Waals surface area (Å²) < 4.78 is 4.65. The summed E-state index contributed by atoms with van der Waals surface area (Å²) >= 11 is 0. The van der Waals surface area contributed by atoms with Crippen molar-refractivity contribution in [3.05, 3.63) is 42.1 Å². The summed E-state index contributed by atoms with van der Waals surface area (Å²) in [6.45, 7) is 2.41. The zero-order valence-corrected chi connectivity index (χ0v) is 12.2. The first kappa shape index (κ1) is 15.0. The molecule has 21 heavy (non-hydrogen) atoms. The highest BCUT2D eigenvalue weighted by atomic mass is 16.5. The van der Waals surface area contributed by atoms with Gasteiger partial charge in [0.2, 0.25) is 0 Å². The van der Waals surface area contributed by atoms with Gasteiger partial charge in [-0.05, 0) is 18.6 Å². The van der Waals surface area contributed by atoms with Crippen molar-refractivity contribution in [2.75, 3.05) is 20.2 Å². The zero-order valence-electron chi connectivity index (χ0n) is 12.2. The van der Waals surface area contributed by atoms with E-state index in [0.29, 0.717) is 17.6 Å². The molecule has 0 unspecified atom stereocenters. The highest BCUT2D eigenvalue weighted by Crippen LogP contribution is 2.18. The van der Waals surface area contributed by atoms with Gasteiger partial charge in [0.1, 0.15) is 6.54 Å². The molecule has 0 bridgehead atoms. The van der Waals surface area contributed by atoms with E-state index in [1.807, 2.05) is 31.2 Å². The SMILES string of the molecule is CCCN(CC(=O)OC)C(=O)c1cccc2cccnc12. The molecule has 0 radical (unpaired) electrons. The van der Waals surface area contributed by atoms with E-state index in [9.17, 15) is 9.59 Å². The topological polar surface area (TPSA) is 59.5 Å². The lowest BCUT2D eigenvalue weighted by atomic mass is 10.1. The second-order valence-electron chi connectivity index (χ2n) is 4.68. The fourth-order valence-electron chi connectivity index (χ4n) is 2.19. The third kappa shape index (κ3) is 3.37. The summed E-state index contributed by atoms with van der Waals surface area (Å²) in [5.74, 6) is -0.628. The largest absolute Gasteiger partial charge is 0.468 e. The molecule has 1 amide bonds. The second kappa shape index (κ2) is 6.83. The number of aromatic nitrogens is 1. The Morgan fingerprint density at radius 2 is 2.00 bits per heavy atom. The summed E-state index contributed by atoms with van der Waals surface area (Å²) in [6, 6.07) is 9.19. The van der Waals surface area contributed by atoms with Crippen molar-refractivity contribution in [1.82, 2.24) is 9.88 Å². The monoisotopic (exact) mass is 286 g/mol. The maximum absolute atomic E-state index is 12.7. The standard InChI is InChI=1S/C16H18N2O3/c1-3-10-18(11-14(19)21-2)16(20)13-8-4-6-12-7-5-9-17-15(12)13/h4-9H,3,10-11H2,1-2H3. The first-order chi connectivity index (χ1) is 10.2. The average molecular weight is 286 g/mol. The van der Waals surface area contributed by atoms with Gasteiger partial charge in [0.05, 0.1) is 18.2 Å². The highest BCUT2D eigenvalue weighted by Gasteiger charge is 2.20. The molecule has 0 fully saturated rings. The molecule has 5 heteroatoms. The van der Waals surface area contributed by atoms with Gasteiger partial charge in [0.25, 0.3) is 5.91 Å². The van der Waals surface area contributed by atoms with E-state index in [1.165, 1.54) is 12.0 Å². The minimum atomic E-state index is -0.426. The van der Waals surface area contributed by atoms with E-state index in [2.05, 4.69) is 9.72 Å². The lowest BCUT2D eigenvalue weighted by Crippen LogP contribution is -2.37. The first-order valence-corrected chi connectivity index (χ1v) is 6.87. The van der Waals surface area contributed by atoms with E-state index in [0.717, 1.165) is 11.8 Å². The van der Waals surface area contributed by atoms with Gasteiger partial charge in [-0.15, -0.1) is 0 Å². The van der Waals surface area contributed by atoms with Crippen LogP contribution in [0, 0.1) is 0 Å². The van der Waals surface area contributed by atoms with Crippen LogP contribution in [0.2, 0.25) is 0 Å². The molecule has 2 rings (SSSR count). The Labute approximate surface area is 123 Å². The van der Waals surface area contributed by atoms with Crippen LogP contribution in [-0.4, -0.2) is 42.0 Å². The van der Waals surface area contributed by atoms with Crippen LogP contribution in [0.3, 0.4) is 0 Å². The number of benzene rings is 1. The van der Waals surface area contributed by atoms with Crippen molar-refractivity contribution in [2.24, 2.45) is 0 Å². The predicted molar refractivity (Wildman–Crippen MR) is 80.0 cm³/mol. The average Bonchev–Trinajstić information content (AvgIpc) is 2.53. The number of pyridine rings is 1. The number of fused-ring (bicyclic) bond motifs is 1. The highest BCUT2D eigenvalue weighted by molar-refractivity contribution is 6.06. The smallest absolute Gasteiger partial charge is 0.325 e. The lowest BCUT2D eigenvalue weighted by molar-refractivity contribution is -0.141. The molecule has 5 nitrogen and oxygen atoms in total. The lowest BCUT2D eigenvalue weighted by Gasteiger charge is -2.21. The van der Waals surface area contributed by atoms with Crippen LogP contribution in [0.5, 0.6) is 0 Å². The fourth-order valence-corrected chi connectivity index (χ4v) is 2.19. The van der Waals surface area contributed by atoms with Crippen LogP contribution in [0.25, 0.3) is 10.9 Å². The third-order valence-corrected chi connectivity index (χ3v) is 3.19. The summed E-state index contributed by atoms with van der Waals surface area (Å²) in [5.41, 5.74) is 1.15. The number of para-hydroxylation sites is 1. The van der Waals surface area contributed by atoms with Gasteiger partial charge in [-0.3, -0.25) is 14.6 Å². The van der Waals surface area contributed by atoms with E-state index < -0.39 is 5.97 Å². The quantitative estimate of drug-likeness (QED) is 0.791. The van der Waals surface area contributed by atoms with Gasteiger partial charge in [-0.1, -0.05) is 25.1 Å². The normalized spacial score (nSPS) is 10.4. The Hall–Kier alpha value is -2.43. The van der Waals surface area contributed by atoms with Crippen molar-refractivity contribution in [3.8, 4) is 0 Å². The zero-order chi connectivity index (χ0) is 15.2. The van der Waals surface area contributed by atoms with Gasteiger partial charge in [-0.25, -0.2) is 0 Å². The van der Waals surface area contributed by atoms with Gasteiger partial charge < -0.3 is 9.64 Å². The Bertz CT molecular complexity index is 650. The van der Waals surface area contributed by atoms with Gasteiger partial charge >= 0.3 is 5.97 Å². The number of carbonyl (C=O) groups excluding carboxylic acids is 2. The molecule has 1 aromatic heterocycles. The molecule has 1 aromatic carbocycles. The molecule has 0 saturated carbocycles. The molecule has 0 atom stereocenters. The number of hydrogen-bond acceptors (Lipinski definition) is 4. The maximum atomic E-state index is 12.7. The van der Waals surface area contributed by atoms with Crippen LogP contribution in [-0.2, 0) is 9.53 Å². The number of carbonyl (C=O) groups is 2. The predicted octanol–water partition coefficient (Wildman–Crippen LogP) is 2.26. The van der Waals surface area contributed by atoms with Crippen molar-refractivity contribution >= 4 is 22.8 Å². The summed E-state index contributed by atoms with van der Waals surface area (Å²) in [5, 5.41) is 0.901. The Morgan fingerprint density at radius 3 is 2.71 bits per heavy atom. The summed E-state index contributed by atoms with van der Waals surface area (Å²) in [4.78, 5) is 29.9. The fraction of sp³-hybridized carbons (Fsp3) is 0.312. The molecule has 0 spiro atoms. The van der Waals surface area contributed by atoms with Gasteiger partial charge in [0, 0.05) is 18.1 Å². The first-order valence-electron chi connectivity index (χ1n) is 6.87. The Morgan fingerprint density at radius 1 is 1.24 bits per heavy atom. The van der Waals surface area contributed by atoms with Crippen molar-refractivity contribution in [2.45, 2.75) is 13.3 Å².